The first kappa shape index (κ1) is 14.5. The maximum Gasteiger partial charge on any atom is 0.257 e. The lowest BCUT2D eigenvalue weighted by Crippen LogP contribution is -2.01. The Kier molecular flexibility index (Phi) is 3.52. The molecule has 0 N–H and O–H groups in total. The van der Waals surface area contributed by atoms with Crippen LogP contribution in [0.4, 0.5) is 0 Å². The van der Waals surface area contributed by atoms with Crippen LogP contribution in [-0.4, -0.2) is 30.8 Å². The van der Waals surface area contributed by atoms with Crippen molar-refractivity contribution in [2.24, 2.45) is 0 Å². The van der Waals surface area contributed by atoms with Crippen LogP contribution in [0.3, 0.4) is 0 Å². The summed E-state index contributed by atoms with van der Waals surface area (Å²) in [6.07, 6.45) is 8.76. The molecule has 2 aliphatic carbocycles. The summed E-state index contributed by atoms with van der Waals surface area (Å²) in [5, 5.41) is 4.94. The molecule has 0 radical (unpaired) electrons. The third-order valence-corrected chi connectivity index (χ3v) is 3.97. The Balaban J connectivity index is 0.000000201. The average molecular weight is 333 g/mol. The molecule has 0 aromatic carbocycles. The number of furan rings is 1. The number of hydrogen-bond donors (Lipinski definition) is 0. The first-order valence-electron chi connectivity index (χ1n) is 7.08. The summed E-state index contributed by atoms with van der Waals surface area (Å²) in [5.74, 6) is 4.14. The van der Waals surface area contributed by atoms with Gasteiger partial charge in [0.2, 0.25) is 11.6 Å². The first-order chi connectivity index (χ1) is 11.8. The van der Waals surface area contributed by atoms with Gasteiger partial charge in [-0.05, 0) is 41.5 Å². The molecule has 116 valence electrons. The number of aromatic nitrogens is 5. The van der Waals surface area contributed by atoms with E-state index >= 15 is 0 Å². The number of terminal acetylenes is 1. The van der Waals surface area contributed by atoms with Crippen LogP contribution >= 0.6 is 11.8 Å². The molecule has 3 aromatic rings. The lowest BCUT2D eigenvalue weighted by molar-refractivity contribution is 0.576. The Bertz CT molecular complexity index is 1050. The molecule has 0 amide bonds. The summed E-state index contributed by atoms with van der Waals surface area (Å²) in [6, 6.07) is 12.0. The minimum absolute atomic E-state index is 0.297. The number of thioether (sulfide) groups is 1. The van der Waals surface area contributed by atoms with Gasteiger partial charge in [-0.25, -0.2) is 0 Å². The van der Waals surface area contributed by atoms with Crippen molar-refractivity contribution < 1.29 is 4.42 Å². The summed E-state index contributed by atoms with van der Waals surface area (Å²) >= 11 is 1.42. The highest BCUT2D eigenvalue weighted by Gasteiger charge is 2.14. The molecule has 0 atom stereocenters. The molecule has 2 aliphatic rings. The Labute approximate surface area is 142 Å². The Hall–Kier alpha value is -3.11. The van der Waals surface area contributed by atoms with Crippen LogP contribution in [0.5, 0.6) is 0 Å². The van der Waals surface area contributed by atoms with E-state index in [-0.39, 0.29) is 0 Å². The van der Waals surface area contributed by atoms with Gasteiger partial charge in [-0.1, -0.05) is 30.0 Å². The van der Waals surface area contributed by atoms with Gasteiger partial charge in [-0.2, -0.15) is 19.5 Å². The highest BCUT2D eigenvalue weighted by Crippen LogP contribution is 2.32. The van der Waals surface area contributed by atoms with Crippen LogP contribution in [0.25, 0.3) is 28.5 Å². The predicted octanol–water partition coefficient (Wildman–Crippen LogP) is 3.15. The summed E-state index contributed by atoms with van der Waals surface area (Å²) in [7, 11) is 0. The molecule has 3 heterocycles. The molecule has 3 aromatic heterocycles. The van der Waals surface area contributed by atoms with Gasteiger partial charge in [0.25, 0.3) is 5.78 Å². The third-order valence-electron chi connectivity index (χ3n) is 3.34. The van der Waals surface area contributed by atoms with Gasteiger partial charge in [0.05, 0.1) is 6.26 Å². The van der Waals surface area contributed by atoms with E-state index in [9.17, 15) is 0 Å². The molecule has 0 spiro atoms. The Morgan fingerprint density at radius 3 is 2.50 bits per heavy atom. The second kappa shape index (κ2) is 5.83. The van der Waals surface area contributed by atoms with Gasteiger partial charge in [0.15, 0.2) is 10.9 Å². The number of fused-ring (bicyclic) bond motifs is 2. The van der Waals surface area contributed by atoms with Crippen molar-refractivity contribution in [2.45, 2.75) is 5.16 Å². The minimum atomic E-state index is 0.297. The smallest absolute Gasteiger partial charge is 0.257 e. The second-order valence-corrected chi connectivity index (χ2v) is 5.66. The molecule has 24 heavy (non-hydrogen) atoms. The summed E-state index contributed by atoms with van der Waals surface area (Å²) < 4.78 is 6.79. The van der Waals surface area contributed by atoms with Crippen LogP contribution in [-0.2, 0) is 0 Å². The topological polar surface area (TPSA) is 69.1 Å². The monoisotopic (exact) mass is 333 g/mol. The maximum absolute atomic E-state index is 5.31. The number of benzene rings is 1. The van der Waals surface area contributed by atoms with Gasteiger partial charge in [-0.3, -0.25) is 0 Å². The van der Waals surface area contributed by atoms with E-state index in [0.717, 1.165) is 0 Å². The molecular formula is C17H11N5OS. The van der Waals surface area contributed by atoms with Gasteiger partial charge < -0.3 is 4.42 Å². The van der Waals surface area contributed by atoms with Crippen molar-refractivity contribution in [3.05, 3.63) is 48.5 Å². The molecule has 0 fully saturated rings. The lowest BCUT2D eigenvalue weighted by atomic mass is 10.4. The molecule has 0 saturated carbocycles. The molecule has 6 nitrogen and oxygen atoms in total. The fraction of sp³-hybridized carbons (Fsp3) is 0.0588. The van der Waals surface area contributed by atoms with E-state index < -0.39 is 0 Å². The zero-order chi connectivity index (χ0) is 16.5. The summed E-state index contributed by atoms with van der Waals surface area (Å²) in [4.78, 5) is 12.6. The Morgan fingerprint density at radius 1 is 1.12 bits per heavy atom. The maximum atomic E-state index is 5.31. The van der Waals surface area contributed by atoms with E-state index in [1.807, 2.05) is 6.26 Å². The molecular weight excluding hydrogens is 322 g/mol. The third kappa shape index (κ3) is 2.64. The predicted molar refractivity (Wildman–Crippen MR) is 91.4 cm³/mol. The Morgan fingerprint density at radius 2 is 1.96 bits per heavy atom. The van der Waals surface area contributed by atoms with Crippen molar-refractivity contribution in [3.63, 3.8) is 0 Å². The summed E-state index contributed by atoms with van der Waals surface area (Å²) in [5.41, 5.74) is 2.85. The molecule has 0 bridgehead atoms. The minimum Gasteiger partial charge on any atom is -0.461 e. The van der Waals surface area contributed by atoms with Crippen LogP contribution < -0.4 is 0 Å². The number of hydrogen-bond acceptors (Lipinski definition) is 6. The van der Waals surface area contributed by atoms with Crippen molar-refractivity contribution in [1.29, 1.82) is 0 Å². The highest BCUT2D eigenvalue weighted by atomic mass is 32.2. The van der Waals surface area contributed by atoms with Gasteiger partial charge in [-0.15, -0.1) is 11.5 Å². The van der Waals surface area contributed by atoms with Crippen LogP contribution in [0.15, 0.2) is 52.2 Å². The van der Waals surface area contributed by atoms with Gasteiger partial charge in [0, 0.05) is 0 Å². The van der Waals surface area contributed by atoms with E-state index in [0.29, 0.717) is 28.3 Å². The molecule has 0 aliphatic heterocycles. The van der Waals surface area contributed by atoms with Crippen molar-refractivity contribution in [2.75, 3.05) is 6.26 Å². The zero-order valence-electron chi connectivity index (χ0n) is 12.7. The molecule has 5 rings (SSSR count). The van der Waals surface area contributed by atoms with E-state index in [1.54, 1.807) is 22.9 Å². The van der Waals surface area contributed by atoms with Gasteiger partial charge >= 0.3 is 0 Å². The van der Waals surface area contributed by atoms with Crippen molar-refractivity contribution >= 4 is 17.5 Å². The van der Waals surface area contributed by atoms with Crippen LogP contribution in [0.2, 0.25) is 0 Å². The van der Waals surface area contributed by atoms with Gasteiger partial charge in [0.1, 0.15) is 0 Å². The van der Waals surface area contributed by atoms with Crippen molar-refractivity contribution in [1.82, 2.24) is 24.6 Å². The average Bonchev–Trinajstić information content (AvgIpc) is 3.08. The fourth-order valence-electron chi connectivity index (χ4n) is 2.14. The SMILES string of the molecule is C#Cc1nc(SC)n2nc(-c3ccco3)nc2n1.c1cc2cc-2c1. The highest BCUT2D eigenvalue weighted by molar-refractivity contribution is 7.98. The van der Waals surface area contributed by atoms with Crippen LogP contribution in [0, 0.1) is 12.3 Å². The van der Waals surface area contributed by atoms with E-state index in [4.69, 9.17) is 10.8 Å². The quantitative estimate of drug-likeness (QED) is 0.365. The number of nitrogens with zero attached hydrogens (tertiary/aromatic N) is 5. The van der Waals surface area contributed by atoms with Crippen LogP contribution in [0.1, 0.15) is 5.82 Å². The first-order valence-corrected chi connectivity index (χ1v) is 8.30. The number of rotatable bonds is 2. The van der Waals surface area contributed by atoms with E-state index in [2.05, 4.69) is 50.2 Å². The second-order valence-electron chi connectivity index (χ2n) is 4.88. The molecule has 7 heteroatoms. The zero-order valence-corrected chi connectivity index (χ0v) is 13.5. The molecule has 0 saturated heterocycles. The normalized spacial score (nSPS) is 10.8. The molecule has 0 unspecified atom stereocenters. The fourth-order valence-corrected chi connectivity index (χ4v) is 2.62. The van der Waals surface area contributed by atoms with Crippen molar-refractivity contribution in [3.8, 4) is 35.1 Å². The van der Waals surface area contributed by atoms with E-state index in [1.165, 1.54) is 22.9 Å². The summed E-state index contributed by atoms with van der Waals surface area (Å²) in [6.45, 7) is 0. The lowest BCUT2D eigenvalue weighted by Gasteiger charge is -1.98. The standard InChI is InChI=1S/C11H7N5OS.C6H4/c1-3-8-12-10-14-9(7-5-4-6-17-7)15-16(10)11(13-8)18-2;1-2-5-4-6(5)3-1/h1,4-6H,2H3;1-4H. The largest absolute Gasteiger partial charge is 0.461 e.